The fourth-order valence-corrected chi connectivity index (χ4v) is 2.64. The second kappa shape index (κ2) is 4.97. The van der Waals surface area contributed by atoms with E-state index >= 15 is 0 Å². The van der Waals surface area contributed by atoms with Crippen molar-refractivity contribution >= 4 is 5.69 Å². The van der Waals surface area contributed by atoms with Gasteiger partial charge in [-0.3, -0.25) is 0 Å². The number of piperazine rings is 1. The number of nitriles is 1. The summed E-state index contributed by atoms with van der Waals surface area (Å²) in [6.07, 6.45) is 0. The van der Waals surface area contributed by atoms with Crippen LogP contribution in [0.25, 0.3) is 0 Å². The Kier molecular flexibility index (Phi) is 3.18. The topological polar surface area (TPSA) is 48.3 Å². The molecule has 2 aliphatic heterocycles. The molecule has 1 aromatic rings. The number of hydrogen-bond donors (Lipinski definition) is 1. The summed E-state index contributed by atoms with van der Waals surface area (Å²) in [5.74, 6) is 0.461. The minimum absolute atomic E-state index is 0.461. The van der Waals surface area contributed by atoms with E-state index in [2.05, 4.69) is 22.4 Å². The van der Waals surface area contributed by atoms with Crippen molar-refractivity contribution in [2.24, 2.45) is 0 Å². The molecule has 0 spiro atoms. The van der Waals surface area contributed by atoms with E-state index in [9.17, 15) is 5.26 Å². The standard InChI is InChI=1S/C14H17N3O/c15-8-11-2-1-3-13(12-9-18-10-12)14(11)17-6-4-16-5-7-17/h1-3,12,16H,4-7,9-10H2. The quantitative estimate of drug-likeness (QED) is 0.844. The Hall–Kier alpha value is -1.57. The van der Waals surface area contributed by atoms with Crippen LogP contribution in [-0.2, 0) is 4.74 Å². The Bertz CT molecular complexity index is 470. The van der Waals surface area contributed by atoms with Crippen LogP contribution in [0.2, 0.25) is 0 Å². The number of anilines is 1. The normalized spacial score (nSPS) is 20.3. The minimum atomic E-state index is 0.461. The first-order valence-corrected chi connectivity index (χ1v) is 6.46. The third-order valence-corrected chi connectivity index (χ3v) is 3.70. The summed E-state index contributed by atoms with van der Waals surface area (Å²) in [4.78, 5) is 2.34. The fourth-order valence-electron chi connectivity index (χ4n) is 2.64. The maximum atomic E-state index is 9.32. The summed E-state index contributed by atoms with van der Waals surface area (Å²) < 4.78 is 5.29. The smallest absolute Gasteiger partial charge is 0.101 e. The van der Waals surface area contributed by atoms with Gasteiger partial charge in [0.2, 0.25) is 0 Å². The van der Waals surface area contributed by atoms with Crippen LogP contribution >= 0.6 is 0 Å². The average molecular weight is 243 g/mol. The predicted molar refractivity (Wildman–Crippen MR) is 69.8 cm³/mol. The monoisotopic (exact) mass is 243 g/mol. The van der Waals surface area contributed by atoms with Gasteiger partial charge in [-0.1, -0.05) is 12.1 Å². The molecular weight excluding hydrogens is 226 g/mol. The Morgan fingerprint density at radius 3 is 2.67 bits per heavy atom. The number of nitrogens with zero attached hydrogens (tertiary/aromatic N) is 2. The molecule has 18 heavy (non-hydrogen) atoms. The molecule has 94 valence electrons. The van der Waals surface area contributed by atoms with Crippen molar-refractivity contribution in [2.45, 2.75) is 5.92 Å². The van der Waals surface area contributed by atoms with Crippen molar-refractivity contribution in [3.05, 3.63) is 29.3 Å². The molecule has 2 fully saturated rings. The molecule has 2 aliphatic rings. The number of para-hydroxylation sites is 1. The number of nitrogens with one attached hydrogen (secondary N) is 1. The second-order valence-corrected chi connectivity index (χ2v) is 4.83. The van der Waals surface area contributed by atoms with E-state index in [1.165, 1.54) is 5.56 Å². The van der Waals surface area contributed by atoms with Gasteiger partial charge in [-0.25, -0.2) is 0 Å². The van der Waals surface area contributed by atoms with Gasteiger partial charge >= 0.3 is 0 Å². The van der Waals surface area contributed by atoms with Crippen molar-refractivity contribution < 1.29 is 4.74 Å². The first-order chi connectivity index (χ1) is 8.90. The highest BCUT2D eigenvalue weighted by atomic mass is 16.5. The minimum Gasteiger partial charge on any atom is -0.380 e. The summed E-state index contributed by atoms with van der Waals surface area (Å²) in [6.45, 7) is 5.49. The molecule has 0 saturated carbocycles. The van der Waals surface area contributed by atoms with E-state index in [4.69, 9.17) is 4.74 Å². The Labute approximate surface area is 107 Å². The van der Waals surface area contributed by atoms with E-state index in [1.807, 2.05) is 12.1 Å². The highest BCUT2D eigenvalue weighted by Gasteiger charge is 2.27. The molecule has 3 rings (SSSR count). The maximum Gasteiger partial charge on any atom is 0.101 e. The molecule has 0 amide bonds. The van der Waals surface area contributed by atoms with Crippen LogP contribution in [0, 0.1) is 11.3 Å². The number of benzene rings is 1. The van der Waals surface area contributed by atoms with Crippen molar-refractivity contribution in [1.82, 2.24) is 5.32 Å². The molecule has 0 radical (unpaired) electrons. The highest BCUT2D eigenvalue weighted by molar-refractivity contribution is 5.66. The zero-order valence-electron chi connectivity index (χ0n) is 10.4. The Balaban J connectivity index is 2.00. The maximum absolute atomic E-state index is 9.32. The predicted octanol–water partition coefficient (Wildman–Crippen LogP) is 1.08. The van der Waals surface area contributed by atoms with Crippen LogP contribution in [0.1, 0.15) is 17.0 Å². The van der Waals surface area contributed by atoms with Crippen molar-refractivity contribution in [2.75, 3.05) is 44.3 Å². The number of rotatable bonds is 2. The van der Waals surface area contributed by atoms with Crippen molar-refractivity contribution in [3.8, 4) is 6.07 Å². The largest absolute Gasteiger partial charge is 0.380 e. The number of ether oxygens (including phenoxy) is 1. The van der Waals surface area contributed by atoms with Gasteiger partial charge in [-0.05, 0) is 11.6 Å². The molecular formula is C14H17N3O. The third-order valence-electron chi connectivity index (χ3n) is 3.70. The molecule has 4 heteroatoms. The third kappa shape index (κ3) is 1.96. The zero-order valence-corrected chi connectivity index (χ0v) is 10.4. The van der Waals surface area contributed by atoms with Gasteiger partial charge in [0.1, 0.15) is 6.07 Å². The molecule has 1 aromatic carbocycles. The van der Waals surface area contributed by atoms with E-state index < -0.39 is 0 Å². The number of hydrogen-bond acceptors (Lipinski definition) is 4. The zero-order chi connectivity index (χ0) is 12.4. The first-order valence-electron chi connectivity index (χ1n) is 6.46. The lowest BCUT2D eigenvalue weighted by molar-refractivity contribution is 0.00858. The molecule has 0 bridgehead atoms. The van der Waals surface area contributed by atoms with Gasteiger partial charge in [0.15, 0.2) is 0 Å². The van der Waals surface area contributed by atoms with Crippen LogP contribution in [0.15, 0.2) is 18.2 Å². The van der Waals surface area contributed by atoms with E-state index in [0.717, 1.165) is 50.6 Å². The van der Waals surface area contributed by atoms with Gasteiger partial charge in [0, 0.05) is 32.1 Å². The van der Waals surface area contributed by atoms with Crippen LogP contribution in [0.3, 0.4) is 0 Å². The van der Waals surface area contributed by atoms with Gasteiger partial charge in [0.25, 0.3) is 0 Å². The second-order valence-electron chi connectivity index (χ2n) is 4.83. The lowest BCUT2D eigenvalue weighted by Crippen LogP contribution is -2.44. The summed E-state index contributed by atoms with van der Waals surface area (Å²) in [5.41, 5.74) is 3.21. The Morgan fingerprint density at radius 2 is 2.06 bits per heavy atom. The molecule has 0 aromatic heterocycles. The van der Waals surface area contributed by atoms with Gasteiger partial charge in [-0.2, -0.15) is 5.26 Å². The molecule has 4 nitrogen and oxygen atoms in total. The van der Waals surface area contributed by atoms with Crippen molar-refractivity contribution in [1.29, 1.82) is 5.26 Å². The van der Waals surface area contributed by atoms with E-state index in [0.29, 0.717) is 5.92 Å². The van der Waals surface area contributed by atoms with Crippen LogP contribution in [-0.4, -0.2) is 39.4 Å². The van der Waals surface area contributed by atoms with Crippen LogP contribution in [0.5, 0.6) is 0 Å². The first kappa shape index (κ1) is 11.5. The van der Waals surface area contributed by atoms with E-state index in [-0.39, 0.29) is 0 Å². The van der Waals surface area contributed by atoms with Crippen LogP contribution < -0.4 is 10.2 Å². The highest BCUT2D eigenvalue weighted by Crippen LogP contribution is 2.35. The average Bonchev–Trinajstić information content (AvgIpc) is 2.37. The SMILES string of the molecule is N#Cc1cccc(C2COC2)c1N1CCNCC1. The lowest BCUT2D eigenvalue weighted by Gasteiger charge is -2.35. The summed E-state index contributed by atoms with van der Waals surface area (Å²) in [5, 5.41) is 12.7. The summed E-state index contributed by atoms with van der Waals surface area (Å²) >= 11 is 0. The molecule has 1 N–H and O–H groups in total. The molecule has 0 atom stereocenters. The molecule has 2 heterocycles. The molecule has 0 unspecified atom stereocenters. The Morgan fingerprint density at radius 1 is 1.28 bits per heavy atom. The molecule has 0 aliphatic carbocycles. The van der Waals surface area contributed by atoms with Crippen molar-refractivity contribution in [3.63, 3.8) is 0 Å². The van der Waals surface area contributed by atoms with Gasteiger partial charge in [-0.15, -0.1) is 0 Å². The van der Waals surface area contributed by atoms with E-state index in [1.54, 1.807) is 0 Å². The summed E-state index contributed by atoms with van der Waals surface area (Å²) in [7, 11) is 0. The van der Waals surface area contributed by atoms with Crippen LogP contribution in [0.4, 0.5) is 5.69 Å². The van der Waals surface area contributed by atoms with Gasteiger partial charge in [0.05, 0.1) is 24.5 Å². The lowest BCUT2D eigenvalue weighted by atomic mass is 9.92. The fraction of sp³-hybridized carbons (Fsp3) is 0.500. The molecule has 2 saturated heterocycles. The van der Waals surface area contributed by atoms with Gasteiger partial charge < -0.3 is 15.0 Å². The summed E-state index contributed by atoms with van der Waals surface area (Å²) in [6, 6.07) is 8.38.